The second-order valence-corrected chi connectivity index (χ2v) is 11.7. The van der Waals surface area contributed by atoms with Crippen LogP contribution in [0.15, 0.2) is 12.1 Å². The number of carboxylic acid groups (broad SMARTS) is 1. The molecule has 228 valence electrons. The van der Waals surface area contributed by atoms with Gasteiger partial charge in [0, 0.05) is 37.3 Å². The van der Waals surface area contributed by atoms with Crippen LogP contribution >= 0.6 is 11.6 Å². The fourth-order valence-corrected chi connectivity index (χ4v) is 6.68. The number of benzene rings is 1. The number of amides is 2. The first-order chi connectivity index (χ1) is 20.0. The molecule has 11 nitrogen and oxygen atoms in total. The van der Waals surface area contributed by atoms with E-state index in [1.165, 1.54) is 7.05 Å². The topological polar surface area (TPSA) is 127 Å². The molecule has 0 bridgehead atoms. The third-order valence-corrected chi connectivity index (χ3v) is 9.20. The summed E-state index contributed by atoms with van der Waals surface area (Å²) in [6, 6.07) is 2.55. The van der Waals surface area contributed by atoms with Crippen LogP contribution in [0.25, 0.3) is 0 Å². The predicted octanol–water partition coefficient (Wildman–Crippen LogP) is 3.55. The minimum absolute atomic E-state index is 0.0284. The molecule has 2 fully saturated rings. The number of rotatable bonds is 8. The lowest BCUT2D eigenvalue weighted by Crippen LogP contribution is -2.54. The molecular weight excluding hydrogens is 576 g/mol. The number of nitrogens with zero attached hydrogens (tertiary/aromatic N) is 5. The minimum Gasteiger partial charge on any atom is -0.487 e. The molecule has 3 atom stereocenters. The minimum atomic E-state index is -2.81. The molecule has 5 rings (SSSR count). The fraction of sp³-hybridized carbons (Fsp3) is 0.607. The Kier molecular flexibility index (Phi) is 8.70. The van der Waals surface area contributed by atoms with Gasteiger partial charge in [-0.3, -0.25) is 14.4 Å². The van der Waals surface area contributed by atoms with Gasteiger partial charge in [0.2, 0.25) is 11.8 Å². The van der Waals surface area contributed by atoms with Crippen molar-refractivity contribution in [2.45, 2.75) is 58.1 Å². The van der Waals surface area contributed by atoms with Crippen molar-refractivity contribution >= 4 is 29.4 Å². The quantitative estimate of drug-likeness (QED) is 0.481. The van der Waals surface area contributed by atoms with E-state index >= 15 is 0 Å². The summed E-state index contributed by atoms with van der Waals surface area (Å²) in [7, 11) is 1.37. The lowest BCUT2D eigenvalue weighted by molar-refractivity contribution is -0.163. The zero-order chi connectivity index (χ0) is 30.2. The Bertz CT molecular complexity index is 1370. The Balaban J connectivity index is 1.54. The van der Waals surface area contributed by atoms with E-state index in [9.17, 15) is 28.3 Å². The van der Waals surface area contributed by atoms with E-state index in [0.29, 0.717) is 48.7 Å². The lowest BCUT2D eigenvalue weighted by Gasteiger charge is -2.45. The largest absolute Gasteiger partial charge is 0.487 e. The number of morpholine rings is 1. The molecule has 3 aliphatic rings. The van der Waals surface area contributed by atoms with Crippen molar-refractivity contribution < 1.29 is 37.7 Å². The van der Waals surface area contributed by atoms with E-state index in [1.54, 1.807) is 28.9 Å². The maximum absolute atomic E-state index is 14.3. The van der Waals surface area contributed by atoms with Crippen molar-refractivity contribution in [2.24, 2.45) is 18.4 Å². The van der Waals surface area contributed by atoms with Gasteiger partial charge in [-0.1, -0.05) is 29.7 Å². The summed E-state index contributed by atoms with van der Waals surface area (Å²) >= 11 is 6.64. The number of ether oxygens (including phenoxy) is 2. The molecule has 42 heavy (non-hydrogen) atoms. The van der Waals surface area contributed by atoms with Gasteiger partial charge in [0.15, 0.2) is 0 Å². The average molecular weight is 610 g/mol. The fourth-order valence-electron chi connectivity index (χ4n) is 6.42. The zero-order valence-corrected chi connectivity index (χ0v) is 24.3. The molecule has 1 aromatic carbocycles. The Labute approximate surface area is 246 Å². The van der Waals surface area contributed by atoms with Crippen LogP contribution in [0.2, 0.25) is 5.02 Å². The average Bonchev–Trinajstić information content (AvgIpc) is 3.34. The van der Waals surface area contributed by atoms with Crippen LogP contribution in [0.1, 0.15) is 67.6 Å². The van der Waals surface area contributed by atoms with Crippen molar-refractivity contribution in [1.29, 1.82) is 0 Å². The van der Waals surface area contributed by atoms with Gasteiger partial charge in [0.25, 0.3) is 6.43 Å². The molecule has 0 spiro atoms. The van der Waals surface area contributed by atoms with E-state index in [1.807, 2.05) is 0 Å². The second-order valence-electron chi connectivity index (χ2n) is 11.3. The van der Waals surface area contributed by atoms with Crippen LogP contribution in [0.4, 0.5) is 8.78 Å². The van der Waals surface area contributed by atoms with Gasteiger partial charge in [0.1, 0.15) is 30.4 Å². The number of fused-ring (bicyclic) bond motifs is 1. The Morgan fingerprint density at radius 3 is 2.79 bits per heavy atom. The molecular formula is C28H34ClF2N5O6. The maximum Gasteiger partial charge on any atom is 0.310 e. The van der Waals surface area contributed by atoms with Gasteiger partial charge in [-0.15, -0.1) is 5.10 Å². The van der Waals surface area contributed by atoms with Gasteiger partial charge in [-0.2, -0.15) is 0 Å². The second kappa shape index (κ2) is 12.1. The summed E-state index contributed by atoms with van der Waals surface area (Å²) in [5, 5.41) is 18.1. The molecule has 2 amide bonds. The highest BCUT2D eigenvalue weighted by Gasteiger charge is 2.50. The highest BCUT2D eigenvalue weighted by molar-refractivity contribution is 6.31. The highest BCUT2D eigenvalue weighted by Crippen LogP contribution is 2.46. The number of aliphatic carboxylic acids is 1. The summed E-state index contributed by atoms with van der Waals surface area (Å²) in [4.78, 5) is 42.7. The number of aryl methyl sites for hydroxylation is 1. The molecule has 1 aromatic heterocycles. The number of carbonyl (C=O) groups excluding carboxylic acids is 2. The first-order valence-corrected chi connectivity index (χ1v) is 14.4. The molecule has 14 heteroatoms. The Morgan fingerprint density at radius 2 is 2.07 bits per heavy atom. The van der Waals surface area contributed by atoms with Crippen molar-refractivity contribution in [1.82, 2.24) is 24.8 Å². The standard InChI is InChI=1S/C28H34ClF2N5O6/c1-28(27(39)40)9-4-3-5-17(28)26(38)36-10-8-16-18(29)6-7-21(42-14-19-24(25(30)31)34(2)33-32-19)23(16)20(36)13-35-11-12-41-15-22(35)37/h6-7,17,20,25H,3-5,8-15H2,1-2H3,(H,39,40)/t17?,20-,28?/m1/s1. The molecule has 1 saturated heterocycles. The number of aromatic nitrogens is 3. The summed E-state index contributed by atoms with van der Waals surface area (Å²) < 4.78 is 39.7. The van der Waals surface area contributed by atoms with E-state index in [2.05, 4.69) is 10.3 Å². The number of carboxylic acids is 1. The molecule has 1 saturated carbocycles. The smallest absolute Gasteiger partial charge is 0.310 e. The maximum atomic E-state index is 14.3. The first kappa shape index (κ1) is 30.1. The van der Waals surface area contributed by atoms with Crippen LogP contribution in [0.3, 0.4) is 0 Å². The lowest BCUT2D eigenvalue weighted by atomic mass is 9.66. The van der Waals surface area contributed by atoms with Crippen LogP contribution in [-0.2, 0) is 39.2 Å². The molecule has 2 aliphatic heterocycles. The highest BCUT2D eigenvalue weighted by atomic mass is 35.5. The number of hydrogen-bond donors (Lipinski definition) is 1. The van der Waals surface area contributed by atoms with E-state index in [4.69, 9.17) is 21.1 Å². The van der Waals surface area contributed by atoms with Crippen LogP contribution in [-0.4, -0.2) is 80.5 Å². The number of halogens is 3. The molecule has 0 radical (unpaired) electrons. The normalized spacial score (nSPS) is 24.6. The number of carbonyl (C=O) groups is 3. The summed E-state index contributed by atoms with van der Waals surface area (Å²) in [5.74, 6) is -1.97. The summed E-state index contributed by atoms with van der Waals surface area (Å²) in [6.45, 7) is 2.26. The third-order valence-electron chi connectivity index (χ3n) is 8.84. The summed E-state index contributed by atoms with van der Waals surface area (Å²) in [5.41, 5.74) is -0.326. The van der Waals surface area contributed by atoms with E-state index < -0.39 is 29.8 Å². The molecule has 1 N–H and O–H groups in total. The summed E-state index contributed by atoms with van der Waals surface area (Å²) in [6.07, 6.45) is -0.153. The Morgan fingerprint density at radius 1 is 1.29 bits per heavy atom. The monoisotopic (exact) mass is 609 g/mol. The SMILES string of the molecule is Cn1nnc(COc2ccc(Cl)c3c2[C@@H](CN2CCOCC2=O)N(C(=O)C2CCCCC2(C)C(=O)O)CC3)c1C(F)F. The van der Waals surface area contributed by atoms with Gasteiger partial charge in [0.05, 0.1) is 24.0 Å². The van der Waals surface area contributed by atoms with Gasteiger partial charge < -0.3 is 24.4 Å². The zero-order valence-electron chi connectivity index (χ0n) is 23.5. The van der Waals surface area contributed by atoms with Gasteiger partial charge in [-0.25, -0.2) is 13.5 Å². The van der Waals surface area contributed by atoms with Crippen LogP contribution < -0.4 is 4.74 Å². The number of hydrogen-bond acceptors (Lipinski definition) is 7. The van der Waals surface area contributed by atoms with Crippen molar-refractivity contribution in [2.75, 3.05) is 32.8 Å². The number of alkyl halides is 2. The Hall–Kier alpha value is -3.32. The van der Waals surface area contributed by atoms with Crippen LogP contribution in [0, 0.1) is 11.3 Å². The van der Waals surface area contributed by atoms with Crippen LogP contribution in [0.5, 0.6) is 5.75 Å². The van der Waals surface area contributed by atoms with E-state index in [0.717, 1.165) is 23.1 Å². The van der Waals surface area contributed by atoms with Gasteiger partial charge >= 0.3 is 5.97 Å². The third kappa shape index (κ3) is 5.56. The van der Waals surface area contributed by atoms with Gasteiger partial charge in [-0.05, 0) is 43.9 Å². The van der Waals surface area contributed by atoms with Crippen molar-refractivity contribution in [3.05, 3.63) is 39.7 Å². The predicted molar refractivity (Wildman–Crippen MR) is 145 cm³/mol. The van der Waals surface area contributed by atoms with Crippen molar-refractivity contribution in [3.8, 4) is 5.75 Å². The molecule has 2 unspecified atom stereocenters. The molecule has 2 aromatic rings. The molecule has 1 aliphatic carbocycles. The van der Waals surface area contributed by atoms with E-state index in [-0.39, 0.29) is 49.5 Å². The van der Waals surface area contributed by atoms with Crippen molar-refractivity contribution in [3.63, 3.8) is 0 Å². The first-order valence-electron chi connectivity index (χ1n) is 14.0. The molecule has 3 heterocycles.